The molecule has 1 heterocycles. The van der Waals surface area contributed by atoms with Gasteiger partial charge in [0.05, 0.1) is 11.2 Å². The van der Waals surface area contributed by atoms with E-state index in [4.69, 9.17) is 19.9 Å². The topological polar surface area (TPSA) is 104 Å². The van der Waals surface area contributed by atoms with Gasteiger partial charge >= 0.3 is 12.1 Å². The van der Waals surface area contributed by atoms with E-state index in [2.05, 4.69) is 30.5 Å². The summed E-state index contributed by atoms with van der Waals surface area (Å²) < 4.78 is 31.7. The minimum atomic E-state index is -5.08. The number of nitrogens with zero attached hydrogens (tertiary/aromatic N) is 2. The van der Waals surface area contributed by atoms with Crippen LogP contribution in [0.3, 0.4) is 0 Å². The second kappa shape index (κ2) is 12.5. The zero-order valence-electron chi connectivity index (χ0n) is 20.8. The van der Waals surface area contributed by atoms with Crippen molar-refractivity contribution in [2.24, 2.45) is 5.92 Å². The van der Waals surface area contributed by atoms with Crippen LogP contribution < -0.4 is 10.6 Å². The Labute approximate surface area is 213 Å². The maximum absolute atomic E-state index is 12.5. The second-order valence-corrected chi connectivity index (χ2v) is 9.30. The summed E-state index contributed by atoms with van der Waals surface area (Å²) in [5.41, 5.74) is 3.19. The first-order valence-corrected chi connectivity index (χ1v) is 12.2. The Bertz CT molecular complexity index is 1190. The van der Waals surface area contributed by atoms with Gasteiger partial charge in [-0.25, -0.2) is 14.8 Å². The number of benzene rings is 2. The average Bonchev–Trinajstić information content (AvgIpc) is 2.87. The van der Waals surface area contributed by atoms with Crippen LogP contribution in [0.5, 0.6) is 0 Å². The van der Waals surface area contributed by atoms with Gasteiger partial charge in [0.1, 0.15) is 0 Å². The number of para-hydroxylation sites is 1. The maximum atomic E-state index is 12.5. The van der Waals surface area contributed by atoms with Crippen molar-refractivity contribution in [2.75, 3.05) is 5.32 Å². The molecular weight excluding hydrogens is 485 g/mol. The standard InChI is InChI=1S/C25H30N4O.C2HF3O2/c1-17(2)23-21-10-6-7-11-22(21)28-25(29-23)27-20-14-12-19(13-15-20)24(30)26-16-18-8-4-3-5-9-18;3-2(4,5)1(6)7/h3-11,17,19-20H,12-16H2,1-2H3,(H,26,30)(H,27,28,29);(H,6,7). The van der Waals surface area contributed by atoms with E-state index in [1.165, 1.54) is 0 Å². The van der Waals surface area contributed by atoms with Crippen LogP contribution in [-0.4, -0.2) is 39.2 Å². The van der Waals surface area contributed by atoms with E-state index in [1.807, 2.05) is 48.5 Å². The molecule has 1 aliphatic rings. The van der Waals surface area contributed by atoms with Gasteiger partial charge < -0.3 is 15.7 Å². The normalized spacial score (nSPS) is 17.6. The number of carboxylic acid groups (broad SMARTS) is 1. The first kappa shape index (κ1) is 27.9. The van der Waals surface area contributed by atoms with Crippen LogP contribution in [0.4, 0.5) is 19.1 Å². The highest BCUT2D eigenvalue weighted by atomic mass is 19.4. The molecule has 2 aromatic carbocycles. The van der Waals surface area contributed by atoms with E-state index < -0.39 is 12.1 Å². The number of hydrogen-bond acceptors (Lipinski definition) is 5. The molecule has 1 amide bonds. The van der Waals surface area contributed by atoms with E-state index in [-0.39, 0.29) is 11.8 Å². The van der Waals surface area contributed by atoms with Crippen molar-refractivity contribution in [1.29, 1.82) is 0 Å². The molecule has 0 radical (unpaired) electrons. The minimum Gasteiger partial charge on any atom is -0.475 e. The molecule has 1 fully saturated rings. The summed E-state index contributed by atoms with van der Waals surface area (Å²) in [6.45, 7) is 4.93. The number of fused-ring (bicyclic) bond motifs is 1. The summed E-state index contributed by atoms with van der Waals surface area (Å²) in [4.78, 5) is 31.0. The Morgan fingerprint density at radius 2 is 1.57 bits per heavy atom. The molecule has 0 unspecified atom stereocenters. The fraction of sp³-hybridized carbons (Fsp3) is 0.407. The van der Waals surface area contributed by atoms with Crippen LogP contribution in [0.25, 0.3) is 10.9 Å². The number of amides is 1. The number of aliphatic carboxylic acids is 1. The fourth-order valence-corrected chi connectivity index (χ4v) is 4.22. The van der Waals surface area contributed by atoms with Crippen molar-refractivity contribution in [2.45, 2.75) is 64.2 Å². The SMILES string of the molecule is CC(C)c1nc(NC2CCC(C(=O)NCc3ccccc3)CC2)nc2ccccc12.O=C(O)C(F)(F)F. The monoisotopic (exact) mass is 516 g/mol. The molecule has 0 saturated heterocycles. The fourth-order valence-electron chi connectivity index (χ4n) is 4.22. The minimum absolute atomic E-state index is 0.0931. The molecule has 0 bridgehead atoms. The summed E-state index contributed by atoms with van der Waals surface area (Å²) in [7, 11) is 0. The van der Waals surface area contributed by atoms with E-state index in [0.29, 0.717) is 24.5 Å². The number of anilines is 1. The molecule has 1 saturated carbocycles. The van der Waals surface area contributed by atoms with Gasteiger partial charge in [0.2, 0.25) is 11.9 Å². The van der Waals surface area contributed by atoms with Crippen LogP contribution in [0, 0.1) is 5.92 Å². The zero-order valence-corrected chi connectivity index (χ0v) is 20.8. The van der Waals surface area contributed by atoms with Crippen LogP contribution in [0.1, 0.15) is 56.7 Å². The summed E-state index contributed by atoms with van der Waals surface area (Å²) in [6, 6.07) is 18.6. The van der Waals surface area contributed by atoms with Gasteiger partial charge in [-0.15, -0.1) is 0 Å². The molecule has 4 rings (SSSR count). The molecule has 3 aromatic rings. The predicted octanol–water partition coefficient (Wildman–Crippen LogP) is 5.67. The van der Waals surface area contributed by atoms with Crippen molar-refractivity contribution in [3.63, 3.8) is 0 Å². The summed E-state index contributed by atoms with van der Waals surface area (Å²) in [6.07, 6.45) is -1.39. The third-order valence-electron chi connectivity index (χ3n) is 6.16. The highest BCUT2D eigenvalue weighted by Crippen LogP contribution is 2.28. The van der Waals surface area contributed by atoms with Crippen LogP contribution in [-0.2, 0) is 16.1 Å². The van der Waals surface area contributed by atoms with Crippen LogP contribution >= 0.6 is 0 Å². The predicted molar refractivity (Wildman–Crippen MR) is 135 cm³/mol. The molecular formula is C27H31F3N4O3. The molecule has 0 spiro atoms. The van der Waals surface area contributed by atoms with Gasteiger partial charge in [0, 0.05) is 23.9 Å². The average molecular weight is 517 g/mol. The van der Waals surface area contributed by atoms with E-state index >= 15 is 0 Å². The number of rotatable bonds is 6. The number of hydrogen-bond donors (Lipinski definition) is 3. The smallest absolute Gasteiger partial charge is 0.475 e. The lowest BCUT2D eigenvalue weighted by Crippen LogP contribution is -2.35. The van der Waals surface area contributed by atoms with Gasteiger partial charge in [-0.2, -0.15) is 13.2 Å². The van der Waals surface area contributed by atoms with Gasteiger partial charge in [-0.05, 0) is 43.2 Å². The van der Waals surface area contributed by atoms with Crippen molar-refractivity contribution in [3.8, 4) is 0 Å². The summed E-state index contributed by atoms with van der Waals surface area (Å²) in [5, 5.41) is 14.9. The summed E-state index contributed by atoms with van der Waals surface area (Å²) in [5.74, 6) is -1.46. The van der Waals surface area contributed by atoms with Crippen molar-refractivity contribution >= 4 is 28.7 Å². The lowest BCUT2D eigenvalue weighted by Gasteiger charge is -2.28. The van der Waals surface area contributed by atoms with Gasteiger partial charge in [-0.1, -0.05) is 62.4 Å². The second-order valence-electron chi connectivity index (χ2n) is 9.30. The number of alkyl halides is 3. The number of carbonyl (C=O) groups is 2. The molecule has 1 aliphatic carbocycles. The molecule has 0 aliphatic heterocycles. The molecule has 0 atom stereocenters. The highest BCUT2D eigenvalue weighted by molar-refractivity contribution is 5.82. The largest absolute Gasteiger partial charge is 0.490 e. The van der Waals surface area contributed by atoms with E-state index in [0.717, 1.165) is 47.8 Å². The maximum Gasteiger partial charge on any atom is 0.490 e. The first-order chi connectivity index (χ1) is 17.5. The first-order valence-electron chi connectivity index (χ1n) is 12.2. The third kappa shape index (κ3) is 8.16. The molecule has 1 aromatic heterocycles. The Balaban J connectivity index is 0.000000479. The quantitative estimate of drug-likeness (QED) is 0.390. The van der Waals surface area contributed by atoms with Gasteiger partial charge in [0.25, 0.3) is 0 Å². The molecule has 37 heavy (non-hydrogen) atoms. The van der Waals surface area contributed by atoms with Crippen molar-refractivity contribution in [1.82, 2.24) is 15.3 Å². The Morgan fingerprint density at radius 1 is 0.973 bits per heavy atom. The van der Waals surface area contributed by atoms with Crippen molar-refractivity contribution < 1.29 is 27.9 Å². The molecule has 10 heteroatoms. The number of carbonyl (C=O) groups excluding carboxylic acids is 1. The third-order valence-corrected chi connectivity index (χ3v) is 6.16. The lowest BCUT2D eigenvalue weighted by atomic mass is 9.85. The molecule has 198 valence electrons. The number of aromatic nitrogens is 2. The van der Waals surface area contributed by atoms with E-state index in [1.54, 1.807) is 0 Å². The van der Waals surface area contributed by atoms with Crippen molar-refractivity contribution in [3.05, 3.63) is 65.9 Å². The van der Waals surface area contributed by atoms with Crippen LogP contribution in [0.15, 0.2) is 54.6 Å². The highest BCUT2D eigenvalue weighted by Gasteiger charge is 2.38. The Morgan fingerprint density at radius 3 is 2.16 bits per heavy atom. The number of halogens is 3. The Hall–Kier alpha value is -3.69. The molecule has 3 N–H and O–H groups in total. The lowest BCUT2D eigenvalue weighted by molar-refractivity contribution is -0.192. The Kier molecular flexibility index (Phi) is 9.43. The van der Waals surface area contributed by atoms with E-state index in [9.17, 15) is 18.0 Å². The molecule has 7 nitrogen and oxygen atoms in total. The van der Waals surface area contributed by atoms with Gasteiger partial charge in [-0.3, -0.25) is 4.79 Å². The van der Waals surface area contributed by atoms with Gasteiger partial charge in [0.15, 0.2) is 0 Å². The number of carboxylic acids is 1. The number of nitrogens with one attached hydrogen (secondary N) is 2. The zero-order chi connectivity index (χ0) is 27.0. The summed E-state index contributed by atoms with van der Waals surface area (Å²) >= 11 is 0. The van der Waals surface area contributed by atoms with Crippen LogP contribution in [0.2, 0.25) is 0 Å².